The summed E-state index contributed by atoms with van der Waals surface area (Å²) in [6.07, 6.45) is -4.45. The highest BCUT2D eigenvalue weighted by Crippen LogP contribution is 2.26. The molecule has 0 aromatic carbocycles. The monoisotopic (exact) mass is 215 g/mol. The average Bonchev–Trinajstić information content (AvgIpc) is 2.18. The predicted octanol–water partition coefficient (Wildman–Crippen LogP) is 1.93. The maximum absolute atomic E-state index is 12.1. The van der Waals surface area contributed by atoms with Crippen LogP contribution in [0.5, 0.6) is 0 Å². The molecule has 1 heterocycles. The number of aromatic nitrogens is 2. The summed E-state index contributed by atoms with van der Waals surface area (Å²) in [6.45, 7) is 2.00. The first-order valence-electron chi connectivity index (χ1n) is 4.08. The van der Waals surface area contributed by atoms with Crippen molar-refractivity contribution in [3.8, 4) is 11.8 Å². The second-order valence-electron chi connectivity index (χ2n) is 2.58. The van der Waals surface area contributed by atoms with Gasteiger partial charge in [-0.05, 0) is 19.1 Å². The SMILES string of the molecule is CC#CCNc1ccc(C(F)(F)F)nn1. The van der Waals surface area contributed by atoms with Gasteiger partial charge in [0, 0.05) is 0 Å². The number of nitrogens with zero attached hydrogens (tertiary/aromatic N) is 2. The van der Waals surface area contributed by atoms with E-state index in [0.29, 0.717) is 6.54 Å². The number of nitrogens with one attached hydrogen (secondary N) is 1. The number of rotatable bonds is 2. The summed E-state index contributed by atoms with van der Waals surface area (Å²) >= 11 is 0. The van der Waals surface area contributed by atoms with Gasteiger partial charge in [-0.25, -0.2) is 0 Å². The van der Waals surface area contributed by atoms with Crippen molar-refractivity contribution in [3.63, 3.8) is 0 Å². The normalized spacial score (nSPS) is 10.4. The molecule has 6 heteroatoms. The zero-order valence-corrected chi connectivity index (χ0v) is 7.89. The largest absolute Gasteiger partial charge is 0.435 e. The van der Waals surface area contributed by atoms with Crippen molar-refractivity contribution in [2.45, 2.75) is 13.1 Å². The number of halogens is 3. The van der Waals surface area contributed by atoms with E-state index >= 15 is 0 Å². The minimum Gasteiger partial charge on any atom is -0.358 e. The Bertz CT molecular complexity index is 372. The van der Waals surface area contributed by atoms with Crippen molar-refractivity contribution in [2.75, 3.05) is 11.9 Å². The lowest BCUT2D eigenvalue weighted by Gasteiger charge is -2.05. The molecule has 80 valence electrons. The van der Waals surface area contributed by atoms with Gasteiger partial charge >= 0.3 is 6.18 Å². The Kier molecular flexibility index (Phi) is 3.50. The van der Waals surface area contributed by atoms with Crippen LogP contribution in [0.3, 0.4) is 0 Å². The molecule has 0 saturated carbocycles. The molecule has 0 unspecified atom stereocenters. The lowest BCUT2D eigenvalue weighted by atomic mass is 10.4. The van der Waals surface area contributed by atoms with E-state index in [4.69, 9.17) is 0 Å². The molecule has 0 saturated heterocycles. The lowest BCUT2D eigenvalue weighted by Crippen LogP contribution is -2.10. The molecule has 0 aliphatic heterocycles. The van der Waals surface area contributed by atoms with Gasteiger partial charge in [-0.15, -0.1) is 16.1 Å². The van der Waals surface area contributed by atoms with Crippen LogP contribution in [0.1, 0.15) is 12.6 Å². The standard InChI is InChI=1S/C9H8F3N3/c1-2-3-6-13-8-5-4-7(14-15-8)9(10,11)12/h4-5H,6H2,1H3,(H,13,15). The van der Waals surface area contributed by atoms with Crippen LogP contribution in [-0.2, 0) is 6.18 Å². The Morgan fingerprint density at radius 2 is 2.07 bits per heavy atom. The topological polar surface area (TPSA) is 37.8 Å². The molecular weight excluding hydrogens is 207 g/mol. The van der Waals surface area contributed by atoms with E-state index in [1.807, 2.05) is 0 Å². The van der Waals surface area contributed by atoms with Crippen molar-refractivity contribution < 1.29 is 13.2 Å². The van der Waals surface area contributed by atoms with Crippen molar-refractivity contribution in [1.82, 2.24) is 10.2 Å². The van der Waals surface area contributed by atoms with Gasteiger partial charge in [0.15, 0.2) is 5.69 Å². The summed E-state index contributed by atoms with van der Waals surface area (Å²) in [6, 6.07) is 2.09. The Labute approximate surface area is 84.7 Å². The molecule has 0 aliphatic rings. The van der Waals surface area contributed by atoms with E-state index in [-0.39, 0.29) is 5.82 Å². The first-order valence-corrected chi connectivity index (χ1v) is 4.08. The third kappa shape index (κ3) is 3.46. The highest BCUT2D eigenvalue weighted by Gasteiger charge is 2.32. The summed E-state index contributed by atoms with van der Waals surface area (Å²) in [5.74, 6) is 5.59. The second-order valence-corrected chi connectivity index (χ2v) is 2.58. The van der Waals surface area contributed by atoms with Gasteiger partial charge in [-0.3, -0.25) is 0 Å². The van der Waals surface area contributed by atoms with Gasteiger partial charge in [0.25, 0.3) is 0 Å². The quantitative estimate of drug-likeness (QED) is 0.766. The molecule has 3 nitrogen and oxygen atoms in total. The molecule has 0 atom stereocenters. The molecule has 15 heavy (non-hydrogen) atoms. The summed E-state index contributed by atoms with van der Waals surface area (Å²) in [5.41, 5.74) is -1.00. The number of hydrogen-bond acceptors (Lipinski definition) is 3. The highest BCUT2D eigenvalue weighted by atomic mass is 19.4. The molecule has 0 amide bonds. The van der Waals surface area contributed by atoms with Crippen LogP contribution >= 0.6 is 0 Å². The minimum atomic E-state index is -4.45. The van der Waals surface area contributed by atoms with Gasteiger partial charge in [0.05, 0.1) is 6.54 Å². The predicted molar refractivity (Wildman–Crippen MR) is 49.0 cm³/mol. The van der Waals surface area contributed by atoms with Crippen LogP contribution in [0.2, 0.25) is 0 Å². The molecule has 0 fully saturated rings. The maximum atomic E-state index is 12.1. The first-order chi connectivity index (χ1) is 7.04. The molecule has 1 aromatic heterocycles. The van der Waals surface area contributed by atoms with E-state index in [0.717, 1.165) is 6.07 Å². The van der Waals surface area contributed by atoms with Gasteiger partial charge in [-0.1, -0.05) is 5.92 Å². The van der Waals surface area contributed by atoms with Gasteiger partial charge in [0.1, 0.15) is 5.82 Å². The molecule has 1 N–H and O–H groups in total. The fourth-order valence-electron chi connectivity index (χ4n) is 0.801. The zero-order valence-electron chi connectivity index (χ0n) is 7.89. The lowest BCUT2D eigenvalue weighted by molar-refractivity contribution is -0.141. The number of alkyl halides is 3. The highest BCUT2D eigenvalue weighted by molar-refractivity contribution is 5.34. The van der Waals surface area contributed by atoms with Crippen LogP contribution in [0.4, 0.5) is 19.0 Å². The van der Waals surface area contributed by atoms with E-state index in [1.165, 1.54) is 6.07 Å². The summed E-state index contributed by atoms with van der Waals surface area (Å²) in [5, 5.41) is 9.12. The van der Waals surface area contributed by atoms with Crippen molar-refractivity contribution in [1.29, 1.82) is 0 Å². The molecular formula is C9H8F3N3. The van der Waals surface area contributed by atoms with Gasteiger partial charge < -0.3 is 5.32 Å². The fraction of sp³-hybridized carbons (Fsp3) is 0.333. The van der Waals surface area contributed by atoms with Crippen LogP contribution in [-0.4, -0.2) is 16.7 Å². The Morgan fingerprint density at radius 3 is 2.53 bits per heavy atom. The van der Waals surface area contributed by atoms with E-state index in [2.05, 4.69) is 27.4 Å². The smallest absolute Gasteiger partial charge is 0.358 e. The average molecular weight is 215 g/mol. The van der Waals surface area contributed by atoms with Crippen LogP contribution in [0, 0.1) is 11.8 Å². The molecule has 0 aliphatic carbocycles. The van der Waals surface area contributed by atoms with Gasteiger partial charge in [0.2, 0.25) is 0 Å². The van der Waals surface area contributed by atoms with E-state index in [1.54, 1.807) is 6.92 Å². The third-order valence-corrected chi connectivity index (χ3v) is 1.49. The van der Waals surface area contributed by atoms with Crippen LogP contribution < -0.4 is 5.32 Å². The van der Waals surface area contributed by atoms with Crippen molar-refractivity contribution in [2.24, 2.45) is 0 Å². The summed E-state index contributed by atoms with van der Waals surface area (Å²) in [7, 11) is 0. The van der Waals surface area contributed by atoms with Crippen molar-refractivity contribution in [3.05, 3.63) is 17.8 Å². The van der Waals surface area contributed by atoms with Crippen LogP contribution in [0.15, 0.2) is 12.1 Å². The van der Waals surface area contributed by atoms with Gasteiger partial charge in [-0.2, -0.15) is 13.2 Å². The molecule has 0 bridgehead atoms. The Hall–Kier alpha value is -1.77. The van der Waals surface area contributed by atoms with Crippen LogP contribution in [0.25, 0.3) is 0 Å². The third-order valence-electron chi connectivity index (χ3n) is 1.49. The summed E-state index contributed by atoms with van der Waals surface area (Å²) in [4.78, 5) is 0. The molecule has 1 rings (SSSR count). The zero-order chi connectivity index (χ0) is 11.3. The Morgan fingerprint density at radius 1 is 1.33 bits per heavy atom. The van der Waals surface area contributed by atoms with Crippen molar-refractivity contribution >= 4 is 5.82 Å². The molecule has 1 aromatic rings. The second kappa shape index (κ2) is 4.64. The number of anilines is 1. The fourth-order valence-corrected chi connectivity index (χ4v) is 0.801. The Balaban J connectivity index is 2.67. The van der Waals surface area contributed by atoms with E-state index < -0.39 is 11.9 Å². The molecule has 0 spiro atoms. The summed E-state index contributed by atoms with van der Waals surface area (Å²) < 4.78 is 36.2. The number of hydrogen-bond donors (Lipinski definition) is 1. The molecule has 0 radical (unpaired) electrons. The van der Waals surface area contributed by atoms with E-state index in [9.17, 15) is 13.2 Å². The minimum absolute atomic E-state index is 0.269. The maximum Gasteiger partial charge on any atom is 0.435 e. The first kappa shape index (κ1) is 11.3.